The van der Waals surface area contributed by atoms with Crippen LogP contribution in [-0.2, 0) is 4.79 Å². The maximum atomic E-state index is 12.3. The third kappa shape index (κ3) is 4.69. The normalized spacial score (nSPS) is 21.6. The Kier molecular flexibility index (Phi) is 5.90. The van der Waals surface area contributed by atoms with Crippen molar-refractivity contribution in [3.05, 3.63) is 52.1 Å². The van der Waals surface area contributed by atoms with E-state index in [4.69, 9.17) is 16.0 Å². The summed E-state index contributed by atoms with van der Waals surface area (Å²) in [6, 6.07) is 11.2. The highest BCUT2D eigenvalue weighted by Gasteiger charge is 2.25. The van der Waals surface area contributed by atoms with Crippen molar-refractivity contribution in [3.63, 3.8) is 0 Å². The van der Waals surface area contributed by atoms with Gasteiger partial charge in [0, 0.05) is 23.2 Å². The maximum Gasteiger partial charge on any atom is 0.264 e. The summed E-state index contributed by atoms with van der Waals surface area (Å²) in [5.74, 6) is 1.81. The number of hydrogen-bond donors (Lipinski definition) is 1. The van der Waals surface area contributed by atoms with Crippen LogP contribution in [0.4, 0.5) is 0 Å². The first-order valence-electron chi connectivity index (χ1n) is 9.36. The van der Waals surface area contributed by atoms with E-state index in [1.54, 1.807) is 6.08 Å². The molecule has 2 aromatic rings. The summed E-state index contributed by atoms with van der Waals surface area (Å²) in [6.07, 6.45) is 4.08. The molecule has 3 heterocycles. The molecule has 146 valence electrons. The molecule has 7 heteroatoms. The van der Waals surface area contributed by atoms with Crippen molar-refractivity contribution >= 4 is 40.5 Å². The molecule has 1 amide bonds. The highest BCUT2D eigenvalue weighted by atomic mass is 35.5. The zero-order chi connectivity index (χ0) is 19.5. The van der Waals surface area contributed by atoms with E-state index in [-0.39, 0.29) is 5.91 Å². The molecule has 0 radical (unpaired) electrons. The van der Waals surface area contributed by atoms with Gasteiger partial charge in [0.05, 0.1) is 4.91 Å². The molecule has 2 saturated heterocycles. The number of aliphatic imine (C=N–C) groups is 1. The average molecular weight is 416 g/mol. The molecule has 1 aromatic heterocycles. The monoisotopic (exact) mass is 415 g/mol. The zero-order valence-corrected chi connectivity index (χ0v) is 17.2. The standard InChI is InChI=1S/C21H22ClN3O2S/c1-25-9-7-14(8-10-25)13-23-21-24-20(26)19(28-21)12-17-5-6-18(27-17)15-3-2-4-16(22)11-15/h2-6,11-12,14H,7-10,13H2,1H3,(H,23,24,26)/b19-12-. The Bertz CT molecular complexity index is 929. The molecule has 0 aliphatic carbocycles. The third-order valence-corrected chi connectivity index (χ3v) is 6.17. The maximum absolute atomic E-state index is 12.3. The number of carbonyl (C=O) groups is 1. The quantitative estimate of drug-likeness (QED) is 0.747. The first-order chi connectivity index (χ1) is 13.6. The summed E-state index contributed by atoms with van der Waals surface area (Å²) in [5.41, 5.74) is 0.904. The van der Waals surface area contributed by atoms with Gasteiger partial charge in [-0.05, 0) is 74.9 Å². The molecule has 0 spiro atoms. The average Bonchev–Trinajstić information content (AvgIpc) is 3.29. The van der Waals surface area contributed by atoms with Crippen LogP contribution < -0.4 is 5.32 Å². The first kappa shape index (κ1) is 19.3. The second-order valence-corrected chi connectivity index (χ2v) is 8.64. The van der Waals surface area contributed by atoms with Gasteiger partial charge in [-0.2, -0.15) is 0 Å². The molecule has 0 unspecified atom stereocenters. The molecular weight excluding hydrogens is 394 g/mol. The van der Waals surface area contributed by atoms with Gasteiger partial charge in [0.15, 0.2) is 5.17 Å². The van der Waals surface area contributed by atoms with Crippen molar-refractivity contribution in [3.8, 4) is 11.3 Å². The number of furan rings is 1. The minimum absolute atomic E-state index is 0.132. The predicted octanol–water partition coefficient (Wildman–Crippen LogP) is 4.50. The predicted molar refractivity (Wildman–Crippen MR) is 115 cm³/mol. The summed E-state index contributed by atoms with van der Waals surface area (Å²) < 4.78 is 5.86. The zero-order valence-electron chi connectivity index (χ0n) is 15.7. The topological polar surface area (TPSA) is 57.8 Å². The molecule has 0 saturated carbocycles. The van der Waals surface area contributed by atoms with E-state index >= 15 is 0 Å². The lowest BCUT2D eigenvalue weighted by Crippen LogP contribution is -2.31. The van der Waals surface area contributed by atoms with Crippen molar-refractivity contribution in [1.29, 1.82) is 0 Å². The Labute approximate surface area is 173 Å². The molecule has 2 fully saturated rings. The van der Waals surface area contributed by atoms with Crippen LogP contribution in [0.1, 0.15) is 18.6 Å². The van der Waals surface area contributed by atoms with E-state index in [1.165, 1.54) is 11.8 Å². The minimum Gasteiger partial charge on any atom is -0.457 e. The lowest BCUT2D eigenvalue weighted by molar-refractivity contribution is -0.115. The summed E-state index contributed by atoms with van der Waals surface area (Å²) in [6.45, 7) is 3.00. The lowest BCUT2D eigenvalue weighted by atomic mass is 9.97. The summed E-state index contributed by atoms with van der Waals surface area (Å²) in [7, 11) is 2.15. The van der Waals surface area contributed by atoms with Crippen LogP contribution in [0.3, 0.4) is 0 Å². The van der Waals surface area contributed by atoms with Crippen LogP contribution >= 0.6 is 23.4 Å². The van der Waals surface area contributed by atoms with Gasteiger partial charge < -0.3 is 14.6 Å². The van der Waals surface area contributed by atoms with Crippen molar-refractivity contribution in [2.45, 2.75) is 12.8 Å². The van der Waals surface area contributed by atoms with Gasteiger partial charge in [-0.3, -0.25) is 9.79 Å². The molecular formula is C21H22ClN3O2S. The molecule has 0 bridgehead atoms. The van der Waals surface area contributed by atoms with Crippen molar-refractivity contribution in [2.75, 3.05) is 26.7 Å². The van der Waals surface area contributed by atoms with Gasteiger partial charge in [0.2, 0.25) is 0 Å². The number of amidine groups is 1. The number of likely N-dealkylation sites (tertiary alicyclic amines) is 1. The van der Waals surface area contributed by atoms with Gasteiger partial charge >= 0.3 is 0 Å². The Morgan fingerprint density at radius 3 is 2.93 bits per heavy atom. The molecule has 1 N–H and O–H groups in total. The molecule has 2 aliphatic heterocycles. The summed E-state index contributed by atoms with van der Waals surface area (Å²) >= 11 is 7.41. The van der Waals surface area contributed by atoms with Gasteiger partial charge in [-0.25, -0.2) is 0 Å². The molecule has 4 rings (SSSR count). The minimum atomic E-state index is -0.132. The molecule has 1 aromatic carbocycles. The molecule has 5 nitrogen and oxygen atoms in total. The Balaban J connectivity index is 1.41. The smallest absolute Gasteiger partial charge is 0.264 e. The van der Waals surface area contributed by atoms with E-state index in [9.17, 15) is 4.79 Å². The van der Waals surface area contributed by atoms with Gasteiger partial charge in [0.25, 0.3) is 5.91 Å². The van der Waals surface area contributed by atoms with Crippen LogP contribution in [-0.4, -0.2) is 42.7 Å². The van der Waals surface area contributed by atoms with E-state index in [0.29, 0.717) is 32.5 Å². The van der Waals surface area contributed by atoms with Crippen LogP contribution in [0.5, 0.6) is 0 Å². The number of benzene rings is 1. The van der Waals surface area contributed by atoms with Crippen molar-refractivity contribution in [2.24, 2.45) is 10.9 Å². The first-order valence-corrected chi connectivity index (χ1v) is 10.6. The highest BCUT2D eigenvalue weighted by Crippen LogP contribution is 2.30. The van der Waals surface area contributed by atoms with Gasteiger partial charge in [-0.15, -0.1) is 0 Å². The summed E-state index contributed by atoms with van der Waals surface area (Å²) in [5, 5.41) is 4.19. The summed E-state index contributed by atoms with van der Waals surface area (Å²) in [4.78, 5) is 19.8. The Morgan fingerprint density at radius 1 is 1.32 bits per heavy atom. The van der Waals surface area contributed by atoms with Gasteiger partial charge in [-0.1, -0.05) is 23.7 Å². The van der Waals surface area contributed by atoms with Crippen LogP contribution in [0.15, 0.2) is 50.7 Å². The van der Waals surface area contributed by atoms with E-state index in [2.05, 4.69) is 22.3 Å². The van der Waals surface area contributed by atoms with Crippen molar-refractivity contribution in [1.82, 2.24) is 10.2 Å². The van der Waals surface area contributed by atoms with E-state index in [1.807, 2.05) is 36.4 Å². The van der Waals surface area contributed by atoms with Crippen molar-refractivity contribution < 1.29 is 9.21 Å². The molecule has 28 heavy (non-hydrogen) atoms. The fourth-order valence-corrected chi connectivity index (χ4v) is 4.31. The van der Waals surface area contributed by atoms with E-state index in [0.717, 1.165) is 38.0 Å². The fraction of sp³-hybridized carbons (Fsp3) is 0.333. The number of piperidine rings is 1. The number of amides is 1. The van der Waals surface area contributed by atoms with Crippen LogP contribution in [0, 0.1) is 5.92 Å². The SMILES string of the molecule is CN1CCC(CN=C2NC(=O)/C(=C/c3ccc(-c4cccc(Cl)c4)o3)S2)CC1. The fourth-order valence-electron chi connectivity index (χ4n) is 3.31. The van der Waals surface area contributed by atoms with Gasteiger partial charge in [0.1, 0.15) is 11.5 Å². The third-order valence-electron chi connectivity index (χ3n) is 4.99. The Hall–Kier alpha value is -2.02. The molecule has 0 atom stereocenters. The number of nitrogens with one attached hydrogen (secondary N) is 1. The van der Waals surface area contributed by atoms with Crippen LogP contribution in [0.25, 0.3) is 17.4 Å². The number of carbonyl (C=O) groups excluding carboxylic acids is 1. The van der Waals surface area contributed by atoms with E-state index < -0.39 is 0 Å². The molecule has 2 aliphatic rings. The number of nitrogens with zero attached hydrogens (tertiary/aromatic N) is 2. The number of hydrogen-bond acceptors (Lipinski definition) is 5. The van der Waals surface area contributed by atoms with Crippen LogP contribution in [0.2, 0.25) is 5.02 Å². The highest BCUT2D eigenvalue weighted by molar-refractivity contribution is 8.18. The Morgan fingerprint density at radius 2 is 2.14 bits per heavy atom. The second-order valence-electron chi connectivity index (χ2n) is 7.17. The lowest BCUT2D eigenvalue weighted by Gasteiger charge is -2.27. The largest absolute Gasteiger partial charge is 0.457 e. The number of rotatable bonds is 4. The number of halogens is 1. The second kappa shape index (κ2) is 8.55. The number of thioether (sulfide) groups is 1.